The number of likely N-dealkylation sites (N-methyl/N-ethyl adjacent to an activating group) is 1. The highest BCUT2D eigenvalue weighted by Crippen LogP contribution is 2.29. The van der Waals surface area contributed by atoms with Gasteiger partial charge in [0.1, 0.15) is 6.04 Å². The molecule has 2 saturated heterocycles. The lowest BCUT2D eigenvalue weighted by atomic mass is 9.97. The molecule has 3 heterocycles. The molecule has 0 N–H and O–H groups in total. The third-order valence-electron chi connectivity index (χ3n) is 6.66. The fourth-order valence-corrected chi connectivity index (χ4v) is 4.72. The number of rotatable bonds is 4. The first-order valence-electron chi connectivity index (χ1n) is 11.5. The predicted molar refractivity (Wildman–Crippen MR) is 126 cm³/mol. The highest BCUT2D eigenvalue weighted by molar-refractivity contribution is 5.93. The zero-order chi connectivity index (χ0) is 23.8. The normalized spacial score (nSPS) is 21.6. The first kappa shape index (κ1) is 23.0. The zero-order valence-corrected chi connectivity index (χ0v) is 19.8. The van der Waals surface area contributed by atoms with Crippen molar-refractivity contribution in [2.75, 3.05) is 26.7 Å². The van der Waals surface area contributed by atoms with Crippen LogP contribution in [-0.2, 0) is 20.8 Å². The second kappa shape index (κ2) is 8.96. The van der Waals surface area contributed by atoms with Crippen molar-refractivity contribution in [3.8, 4) is 11.1 Å². The molecular formula is C26H32N4O3. The number of nitrogens with zero attached hydrogens (tertiary/aromatic N) is 4. The first-order chi connectivity index (χ1) is 15.6. The topological polar surface area (TPSA) is 73.8 Å². The van der Waals surface area contributed by atoms with Crippen LogP contribution in [0.2, 0.25) is 0 Å². The zero-order valence-electron chi connectivity index (χ0n) is 19.8. The Morgan fingerprint density at radius 2 is 1.79 bits per heavy atom. The van der Waals surface area contributed by atoms with Gasteiger partial charge >= 0.3 is 0 Å². The number of piperazine rings is 1. The van der Waals surface area contributed by atoms with Gasteiger partial charge in [0, 0.05) is 57.5 Å². The second-order valence-corrected chi connectivity index (χ2v) is 10.0. The molecule has 1 aromatic heterocycles. The van der Waals surface area contributed by atoms with Gasteiger partial charge in [0.05, 0.1) is 5.92 Å². The minimum Gasteiger partial charge on any atom is -0.342 e. The predicted octanol–water partition coefficient (Wildman–Crippen LogP) is 2.61. The molecule has 2 aliphatic heterocycles. The molecule has 2 fully saturated rings. The van der Waals surface area contributed by atoms with E-state index in [-0.39, 0.29) is 29.7 Å². The minimum atomic E-state index is -0.556. The molecule has 0 aliphatic carbocycles. The summed E-state index contributed by atoms with van der Waals surface area (Å²) in [6.45, 7) is 7.35. The van der Waals surface area contributed by atoms with E-state index in [1.54, 1.807) is 27.9 Å². The molecular weight excluding hydrogens is 416 g/mol. The smallest absolute Gasteiger partial charge is 0.245 e. The monoisotopic (exact) mass is 448 g/mol. The van der Waals surface area contributed by atoms with E-state index in [4.69, 9.17) is 0 Å². The number of pyridine rings is 1. The van der Waals surface area contributed by atoms with Gasteiger partial charge in [-0.25, -0.2) is 0 Å². The van der Waals surface area contributed by atoms with Gasteiger partial charge in [0.2, 0.25) is 17.7 Å². The van der Waals surface area contributed by atoms with Crippen LogP contribution in [0, 0.1) is 5.92 Å². The van der Waals surface area contributed by atoms with E-state index in [1.165, 1.54) is 0 Å². The Morgan fingerprint density at radius 1 is 1.06 bits per heavy atom. The maximum atomic E-state index is 13.5. The van der Waals surface area contributed by atoms with E-state index in [1.807, 2.05) is 63.4 Å². The van der Waals surface area contributed by atoms with Crippen molar-refractivity contribution >= 4 is 17.7 Å². The quantitative estimate of drug-likeness (QED) is 0.721. The van der Waals surface area contributed by atoms with E-state index >= 15 is 0 Å². The molecule has 33 heavy (non-hydrogen) atoms. The second-order valence-electron chi connectivity index (χ2n) is 10.0. The van der Waals surface area contributed by atoms with E-state index in [9.17, 15) is 14.4 Å². The SMILES string of the molecule is CN1CCN(C(=O)C2CC(=O)N(C(C)(C)C)C2)C(Cc2ccc(-c3cccnc3)cc2)C1=O. The maximum absolute atomic E-state index is 13.5. The molecule has 7 heteroatoms. The van der Waals surface area contributed by atoms with Crippen molar-refractivity contribution in [2.45, 2.75) is 45.2 Å². The highest BCUT2D eigenvalue weighted by atomic mass is 16.2. The van der Waals surface area contributed by atoms with E-state index in [0.717, 1.165) is 16.7 Å². The maximum Gasteiger partial charge on any atom is 0.245 e. The lowest BCUT2D eigenvalue weighted by Gasteiger charge is -2.40. The van der Waals surface area contributed by atoms with Crippen LogP contribution in [0.3, 0.4) is 0 Å². The molecule has 2 aliphatic rings. The summed E-state index contributed by atoms with van der Waals surface area (Å²) in [5.74, 6) is -0.538. The van der Waals surface area contributed by atoms with Crippen molar-refractivity contribution in [3.63, 3.8) is 0 Å². The molecule has 0 spiro atoms. The highest BCUT2D eigenvalue weighted by Gasteiger charge is 2.44. The Morgan fingerprint density at radius 3 is 2.39 bits per heavy atom. The molecule has 2 unspecified atom stereocenters. The van der Waals surface area contributed by atoms with Crippen LogP contribution in [-0.4, -0.2) is 75.7 Å². The van der Waals surface area contributed by atoms with Crippen LogP contribution in [0.15, 0.2) is 48.8 Å². The third-order valence-corrected chi connectivity index (χ3v) is 6.66. The van der Waals surface area contributed by atoms with Crippen LogP contribution in [0.1, 0.15) is 32.8 Å². The van der Waals surface area contributed by atoms with Gasteiger partial charge in [-0.3, -0.25) is 19.4 Å². The summed E-state index contributed by atoms with van der Waals surface area (Å²) in [6, 6.07) is 11.4. The molecule has 0 radical (unpaired) electrons. The molecule has 0 saturated carbocycles. The van der Waals surface area contributed by atoms with Gasteiger partial charge in [-0.05, 0) is 43.5 Å². The minimum absolute atomic E-state index is 0.00356. The lowest BCUT2D eigenvalue weighted by molar-refractivity contribution is -0.152. The standard InChI is InChI=1S/C26H32N4O3/c1-26(2,3)30-17-21(15-23(30)31)24(32)29-13-12-28(4)25(33)22(29)14-18-7-9-19(10-8-18)20-6-5-11-27-16-20/h5-11,16,21-22H,12-15,17H2,1-4H3. The summed E-state index contributed by atoms with van der Waals surface area (Å²) in [7, 11) is 1.78. The van der Waals surface area contributed by atoms with Gasteiger partial charge in [-0.1, -0.05) is 30.3 Å². The summed E-state index contributed by atoms with van der Waals surface area (Å²) < 4.78 is 0. The summed E-state index contributed by atoms with van der Waals surface area (Å²) in [5, 5.41) is 0. The fraction of sp³-hybridized carbons (Fsp3) is 0.462. The number of amides is 3. The van der Waals surface area contributed by atoms with Gasteiger partial charge in [-0.2, -0.15) is 0 Å². The average Bonchev–Trinajstić information content (AvgIpc) is 3.20. The van der Waals surface area contributed by atoms with Crippen molar-refractivity contribution in [1.29, 1.82) is 0 Å². The Hall–Kier alpha value is -3.22. The Labute approximate surface area is 195 Å². The summed E-state index contributed by atoms with van der Waals surface area (Å²) in [5.41, 5.74) is 2.76. The van der Waals surface area contributed by atoms with Crippen LogP contribution >= 0.6 is 0 Å². The molecule has 7 nitrogen and oxygen atoms in total. The van der Waals surface area contributed by atoms with Crippen LogP contribution in [0.5, 0.6) is 0 Å². The Kier molecular flexibility index (Phi) is 6.23. The number of carbonyl (C=O) groups excluding carboxylic acids is 3. The molecule has 4 rings (SSSR count). The fourth-order valence-electron chi connectivity index (χ4n) is 4.72. The van der Waals surface area contributed by atoms with Gasteiger partial charge in [0.25, 0.3) is 0 Å². The van der Waals surface area contributed by atoms with Crippen LogP contribution in [0.25, 0.3) is 11.1 Å². The molecule has 0 bridgehead atoms. The molecule has 174 valence electrons. The Balaban J connectivity index is 1.52. The molecule has 3 amide bonds. The summed E-state index contributed by atoms with van der Waals surface area (Å²) in [6.07, 6.45) is 4.22. The van der Waals surface area contributed by atoms with Gasteiger partial charge < -0.3 is 14.7 Å². The van der Waals surface area contributed by atoms with E-state index in [2.05, 4.69) is 4.98 Å². The van der Waals surface area contributed by atoms with E-state index < -0.39 is 12.0 Å². The number of benzene rings is 1. The number of hydrogen-bond acceptors (Lipinski definition) is 4. The lowest BCUT2D eigenvalue weighted by Crippen LogP contribution is -2.59. The van der Waals surface area contributed by atoms with Crippen molar-refractivity contribution in [3.05, 3.63) is 54.4 Å². The van der Waals surface area contributed by atoms with Crippen LogP contribution in [0.4, 0.5) is 0 Å². The average molecular weight is 449 g/mol. The number of aromatic nitrogens is 1. The molecule has 2 atom stereocenters. The van der Waals surface area contributed by atoms with E-state index in [0.29, 0.717) is 26.1 Å². The van der Waals surface area contributed by atoms with Crippen LogP contribution < -0.4 is 0 Å². The van der Waals surface area contributed by atoms with Crippen molar-refractivity contribution in [1.82, 2.24) is 19.7 Å². The van der Waals surface area contributed by atoms with Gasteiger partial charge in [-0.15, -0.1) is 0 Å². The van der Waals surface area contributed by atoms with Crippen molar-refractivity contribution in [2.24, 2.45) is 5.92 Å². The van der Waals surface area contributed by atoms with Gasteiger partial charge in [0.15, 0.2) is 0 Å². The number of hydrogen-bond donors (Lipinski definition) is 0. The molecule has 2 aromatic rings. The first-order valence-corrected chi connectivity index (χ1v) is 11.5. The number of carbonyl (C=O) groups is 3. The summed E-state index contributed by atoms with van der Waals surface area (Å²) >= 11 is 0. The largest absolute Gasteiger partial charge is 0.342 e. The Bertz CT molecular complexity index is 1030. The third kappa shape index (κ3) is 4.77. The summed E-state index contributed by atoms with van der Waals surface area (Å²) in [4.78, 5) is 48.4. The van der Waals surface area contributed by atoms with Crippen molar-refractivity contribution < 1.29 is 14.4 Å². The number of likely N-dealkylation sites (tertiary alicyclic amines) is 1. The molecule has 1 aromatic carbocycles.